The van der Waals surface area contributed by atoms with Crippen molar-refractivity contribution in [2.75, 3.05) is 19.6 Å². The number of aromatic nitrogens is 1. The lowest BCUT2D eigenvalue weighted by Gasteiger charge is -2.53. The maximum absolute atomic E-state index is 12.1. The Hall–Kier alpha value is -1.86. The first-order chi connectivity index (χ1) is 12.0. The Morgan fingerprint density at radius 1 is 1.42 bits per heavy atom. The zero-order valence-electron chi connectivity index (χ0n) is 15.8. The molecule has 8 heteroatoms. The molecule has 1 atom stereocenters. The van der Waals surface area contributed by atoms with Crippen LogP contribution in [0.15, 0.2) is 12.3 Å². The molecule has 1 aromatic rings. The van der Waals surface area contributed by atoms with Gasteiger partial charge in [-0.15, -0.1) is 0 Å². The van der Waals surface area contributed by atoms with Crippen molar-refractivity contribution in [3.8, 4) is 0 Å². The molecule has 1 unspecified atom stereocenters. The number of halogens is 1. The number of pyridine rings is 1. The van der Waals surface area contributed by atoms with Crippen LogP contribution in [0.25, 0.3) is 0 Å². The number of rotatable bonds is 3. The molecule has 0 saturated carbocycles. The van der Waals surface area contributed by atoms with Crippen molar-refractivity contribution in [1.29, 1.82) is 0 Å². The number of nitrogens with zero attached hydrogens (tertiary/aromatic N) is 2. The van der Waals surface area contributed by atoms with Crippen molar-refractivity contribution < 1.29 is 19.4 Å². The summed E-state index contributed by atoms with van der Waals surface area (Å²) in [6, 6.07) is 1.50. The first kappa shape index (κ1) is 20.5. The number of nitrogens with one attached hydrogen (secondary N) is 1. The molecule has 7 nitrogen and oxygen atoms in total. The van der Waals surface area contributed by atoms with Crippen LogP contribution in [-0.2, 0) is 10.3 Å². The van der Waals surface area contributed by atoms with Crippen LogP contribution in [0.3, 0.4) is 0 Å². The normalized spacial score (nSPS) is 21.0. The predicted molar refractivity (Wildman–Crippen MR) is 98.5 cm³/mol. The average Bonchev–Trinajstić information content (AvgIpc) is 2.52. The summed E-state index contributed by atoms with van der Waals surface area (Å²) in [7, 11) is 0. The van der Waals surface area contributed by atoms with E-state index in [-0.39, 0.29) is 16.7 Å². The fourth-order valence-electron chi connectivity index (χ4n) is 3.38. The molecular formula is C18H26ClN3O4. The van der Waals surface area contributed by atoms with Crippen LogP contribution in [0, 0.1) is 5.41 Å². The molecule has 1 amide bonds. The Morgan fingerprint density at radius 3 is 2.58 bits per heavy atom. The third kappa shape index (κ3) is 3.64. The predicted octanol–water partition coefficient (Wildman–Crippen LogP) is 3.12. The number of amides is 1. The van der Waals surface area contributed by atoms with Crippen LogP contribution in [0.4, 0.5) is 4.79 Å². The van der Waals surface area contributed by atoms with Crippen LogP contribution < -0.4 is 5.32 Å². The molecule has 0 radical (unpaired) electrons. The third-order valence-electron chi connectivity index (χ3n) is 4.64. The number of ether oxygens (including phenoxy) is 1. The largest absolute Gasteiger partial charge is 0.465 e. The number of carbonyl (C=O) groups excluding carboxylic acids is 1. The molecule has 2 rings (SSSR count). The molecule has 26 heavy (non-hydrogen) atoms. The van der Waals surface area contributed by atoms with Gasteiger partial charge in [-0.2, -0.15) is 0 Å². The van der Waals surface area contributed by atoms with Crippen LogP contribution in [-0.4, -0.2) is 52.8 Å². The summed E-state index contributed by atoms with van der Waals surface area (Å²) < 4.78 is 5.17. The van der Waals surface area contributed by atoms with Crippen LogP contribution >= 0.6 is 11.6 Å². The van der Waals surface area contributed by atoms with E-state index in [1.54, 1.807) is 13.8 Å². The summed E-state index contributed by atoms with van der Waals surface area (Å²) in [5, 5.41) is 13.3. The van der Waals surface area contributed by atoms with Crippen molar-refractivity contribution in [3.05, 3.63) is 28.5 Å². The van der Waals surface area contributed by atoms with Gasteiger partial charge in [-0.25, -0.2) is 9.59 Å². The number of esters is 1. The Labute approximate surface area is 158 Å². The van der Waals surface area contributed by atoms with Crippen LogP contribution in [0.2, 0.25) is 5.02 Å². The van der Waals surface area contributed by atoms with Crippen LogP contribution in [0.1, 0.15) is 50.7 Å². The lowest BCUT2D eigenvalue weighted by Crippen LogP contribution is -2.66. The highest BCUT2D eigenvalue weighted by molar-refractivity contribution is 6.31. The van der Waals surface area contributed by atoms with E-state index >= 15 is 0 Å². The first-order valence-electron chi connectivity index (χ1n) is 8.59. The van der Waals surface area contributed by atoms with Gasteiger partial charge < -0.3 is 15.2 Å². The van der Waals surface area contributed by atoms with Crippen molar-refractivity contribution in [1.82, 2.24) is 15.2 Å². The van der Waals surface area contributed by atoms with Gasteiger partial charge in [0.2, 0.25) is 0 Å². The molecule has 0 aliphatic carbocycles. The van der Waals surface area contributed by atoms with E-state index in [4.69, 9.17) is 16.3 Å². The second-order valence-corrected chi connectivity index (χ2v) is 8.14. The Kier molecular flexibility index (Phi) is 5.82. The lowest BCUT2D eigenvalue weighted by atomic mass is 9.69. The van der Waals surface area contributed by atoms with E-state index in [9.17, 15) is 14.7 Å². The Morgan fingerprint density at radius 2 is 2.08 bits per heavy atom. The van der Waals surface area contributed by atoms with Crippen molar-refractivity contribution >= 4 is 23.7 Å². The quantitative estimate of drug-likeness (QED) is 0.779. The first-order valence-corrected chi connectivity index (χ1v) is 8.97. The van der Waals surface area contributed by atoms with Gasteiger partial charge in [-0.05, 0) is 25.3 Å². The van der Waals surface area contributed by atoms with E-state index in [0.717, 1.165) is 0 Å². The van der Waals surface area contributed by atoms with Gasteiger partial charge in [-0.3, -0.25) is 9.88 Å². The Balaban J connectivity index is 2.56. The van der Waals surface area contributed by atoms with Gasteiger partial charge in [0.15, 0.2) is 0 Å². The van der Waals surface area contributed by atoms with E-state index in [2.05, 4.69) is 10.3 Å². The summed E-state index contributed by atoms with van der Waals surface area (Å²) in [5.74, 6) is -0.511. The van der Waals surface area contributed by atoms with Gasteiger partial charge in [0.1, 0.15) is 5.54 Å². The highest BCUT2D eigenvalue weighted by Crippen LogP contribution is 2.46. The van der Waals surface area contributed by atoms with E-state index in [0.29, 0.717) is 25.3 Å². The fourth-order valence-corrected chi connectivity index (χ4v) is 3.70. The minimum Gasteiger partial charge on any atom is -0.465 e. The van der Waals surface area contributed by atoms with E-state index < -0.39 is 23.0 Å². The molecule has 1 aliphatic heterocycles. The molecule has 2 N–H and O–H groups in total. The molecule has 2 heterocycles. The van der Waals surface area contributed by atoms with Crippen molar-refractivity contribution in [3.63, 3.8) is 0 Å². The van der Waals surface area contributed by atoms with Gasteiger partial charge in [0.25, 0.3) is 0 Å². The Bertz CT molecular complexity index is 702. The number of carbonyl (C=O) groups is 2. The summed E-state index contributed by atoms with van der Waals surface area (Å²) in [6.07, 6.45) is 0.114. The highest BCUT2D eigenvalue weighted by atomic mass is 35.5. The second kappa shape index (κ2) is 7.40. The smallest absolute Gasteiger partial charge is 0.408 e. The van der Waals surface area contributed by atoms with Gasteiger partial charge in [-0.1, -0.05) is 32.4 Å². The molecular weight excluding hydrogens is 358 g/mol. The van der Waals surface area contributed by atoms with Gasteiger partial charge in [0.05, 0.1) is 22.4 Å². The average molecular weight is 384 g/mol. The van der Waals surface area contributed by atoms with Crippen molar-refractivity contribution in [2.45, 2.75) is 46.3 Å². The van der Waals surface area contributed by atoms with E-state index in [1.165, 1.54) is 17.2 Å². The van der Waals surface area contributed by atoms with Gasteiger partial charge >= 0.3 is 12.1 Å². The molecule has 1 fully saturated rings. The summed E-state index contributed by atoms with van der Waals surface area (Å²) >= 11 is 6.49. The lowest BCUT2D eigenvalue weighted by molar-refractivity contribution is -0.0212. The molecule has 144 valence electrons. The summed E-state index contributed by atoms with van der Waals surface area (Å²) in [6.45, 7) is 10.6. The molecule has 1 saturated heterocycles. The summed E-state index contributed by atoms with van der Waals surface area (Å²) in [4.78, 5) is 29.9. The molecule has 1 aliphatic rings. The second-order valence-electron chi connectivity index (χ2n) is 7.73. The zero-order chi connectivity index (χ0) is 19.7. The number of hydrogen-bond donors (Lipinski definition) is 2. The van der Waals surface area contributed by atoms with E-state index in [1.807, 2.05) is 20.8 Å². The van der Waals surface area contributed by atoms with Crippen molar-refractivity contribution in [2.24, 2.45) is 5.41 Å². The SMILES string of the molecule is CC(C)OC(=O)c1cnc(C2(C(C)(C)C)CNCCN2C(=O)O)c(Cl)c1. The third-order valence-corrected chi connectivity index (χ3v) is 4.92. The molecule has 1 aromatic heterocycles. The van der Waals surface area contributed by atoms with Crippen LogP contribution in [0.5, 0.6) is 0 Å². The number of carboxylic acid groups (broad SMARTS) is 1. The molecule has 0 spiro atoms. The maximum atomic E-state index is 12.1. The minimum atomic E-state index is -1.03. The maximum Gasteiger partial charge on any atom is 0.408 e. The zero-order valence-corrected chi connectivity index (χ0v) is 16.6. The number of piperazine rings is 1. The highest BCUT2D eigenvalue weighted by Gasteiger charge is 2.53. The topological polar surface area (TPSA) is 91.8 Å². The van der Waals surface area contributed by atoms with Gasteiger partial charge in [0, 0.05) is 25.8 Å². The fraction of sp³-hybridized carbons (Fsp3) is 0.611. The monoisotopic (exact) mass is 383 g/mol. The standard InChI is InChI=1S/C18H26ClN3O4/c1-11(2)26-15(23)12-8-13(19)14(21-9-12)18(17(3,4)5)10-20-6-7-22(18)16(24)25/h8-9,11,20H,6-7,10H2,1-5H3,(H,24,25). The minimum absolute atomic E-state index is 0.238. The number of hydrogen-bond acceptors (Lipinski definition) is 5. The molecule has 0 aromatic carbocycles. The summed E-state index contributed by atoms with van der Waals surface area (Å²) in [5.41, 5.74) is -0.783. The molecule has 0 bridgehead atoms.